The molecule has 2 unspecified atom stereocenters. The molecule has 0 fully saturated rings. The summed E-state index contributed by atoms with van der Waals surface area (Å²) in [5, 5.41) is 3.58. The number of ether oxygens (including phenoxy) is 1. The molecule has 3 rings (SSSR count). The van der Waals surface area contributed by atoms with Gasteiger partial charge < -0.3 is 4.74 Å². The minimum atomic E-state index is -4.94. The predicted octanol–water partition coefficient (Wildman–Crippen LogP) is -1.86. The van der Waals surface area contributed by atoms with Crippen molar-refractivity contribution in [2.75, 3.05) is 20.7 Å². The lowest BCUT2D eigenvalue weighted by Crippen LogP contribution is -3.11. The molecule has 2 atom stereocenters. The van der Waals surface area contributed by atoms with Gasteiger partial charge in [-0.25, -0.2) is 23.6 Å². The monoisotopic (exact) mass is 408 g/mol. The highest BCUT2D eigenvalue weighted by Gasteiger charge is 2.42. The van der Waals surface area contributed by atoms with Crippen LogP contribution in [0.2, 0.25) is 0 Å². The standard InChI is InChI=1S/C20H24N2O.ClHO4/c1-4-15-23-20-18(16-11-7-5-8-12-16)21(2)22(3)19(20)17-13-9-6-10-14-17;2-1(3,4)5/h5-14,18H,4,15H2,1-3H3;(H,2,3,4,5). The highest BCUT2D eigenvalue weighted by Crippen LogP contribution is 2.34. The van der Waals surface area contributed by atoms with E-state index in [9.17, 15) is 0 Å². The molecule has 152 valence electrons. The molecule has 0 amide bonds. The maximum absolute atomic E-state index is 8.49. The van der Waals surface area contributed by atoms with Gasteiger partial charge in [-0.15, -0.1) is 15.3 Å². The maximum atomic E-state index is 8.49. The van der Waals surface area contributed by atoms with Crippen molar-refractivity contribution in [3.8, 4) is 0 Å². The average molecular weight is 409 g/mol. The number of rotatable bonds is 5. The van der Waals surface area contributed by atoms with Gasteiger partial charge in [-0.3, -0.25) is 0 Å². The Morgan fingerprint density at radius 1 is 0.964 bits per heavy atom. The Balaban J connectivity index is 0.000000500. The molecule has 0 saturated carbocycles. The first-order chi connectivity index (χ1) is 13.2. The van der Waals surface area contributed by atoms with Gasteiger partial charge in [0.2, 0.25) is 0 Å². The second-order valence-corrected chi connectivity index (χ2v) is 7.10. The minimum absolute atomic E-state index is 0.151. The number of nitrogens with zero attached hydrogens (tertiary/aromatic N) is 1. The number of likely N-dealkylation sites (N-methyl/N-ethyl adjacent to an activating group) is 1. The largest absolute Gasteiger partial charge is 0.490 e. The van der Waals surface area contributed by atoms with Crippen LogP contribution >= 0.6 is 0 Å². The summed E-state index contributed by atoms with van der Waals surface area (Å²) < 4.78 is 40.2. The maximum Gasteiger partial charge on any atom is 0.198 e. The van der Waals surface area contributed by atoms with Crippen molar-refractivity contribution in [1.29, 1.82) is 0 Å². The summed E-state index contributed by atoms with van der Waals surface area (Å²) in [5.74, 6) is 1.07. The van der Waals surface area contributed by atoms with Crippen LogP contribution in [0.3, 0.4) is 0 Å². The Kier molecular flexibility index (Phi) is 7.97. The first-order valence-electron chi connectivity index (χ1n) is 8.89. The number of benzene rings is 2. The van der Waals surface area contributed by atoms with E-state index in [-0.39, 0.29) is 6.04 Å². The zero-order valence-electron chi connectivity index (χ0n) is 16.1. The van der Waals surface area contributed by atoms with E-state index in [1.54, 1.807) is 0 Å². The normalized spacial score (nSPS) is 20.0. The molecular formula is C20H25ClN2O5. The summed E-state index contributed by atoms with van der Waals surface area (Å²) >= 11 is 0. The summed E-state index contributed by atoms with van der Waals surface area (Å²) in [6.45, 7) is 2.89. The number of nitrogens with one attached hydrogen (secondary N) is 1. The summed E-state index contributed by atoms with van der Waals surface area (Å²) in [6.07, 6.45) is 1.01. The van der Waals surface area contributed by atoms with E-state index in [4.69, 9.17) is 23.4 Å². The molecule has 8 heteroatoms. The van der Waals surface area contributed by atoms with E-state index in [0.29, 0.717) is 0 Å². The molecule has 2 aromatic rings. The highest BCUT2D eigenvalue weighted by molar-refractivity contribution is 5.63. The van der Waals surface area contributed by atoms with E-state index in [2.05, 4.69) is 86.7 Å². The minimum Gasteiger partial charge on any atom is -0.490 e. The van der Waals surface area contributed by atoms with Gasteiger partial charge in [0.15, 0.2) is 11.5 Å². The van der Waals surface area contributed by atoms with Crippen LogP contribution in [-0.4, -0.2) is 25.7 Å². The smallest absolute Gasteiger partial charge is 0.198 e. The molecule has 0 radical (unpaired) electrons. The van der Waals surface area contributed by atoms with E-state index < -0.39 is 10.2 Å². The summed E-state index contributed by atoms with van der Waals surface area (Å²) in [7, 11) is -0.612. The van der Waals surface area contributed by atoms with Crippen LogP contribution in [-0.2, 0) is 4.74 Å². The van der Waals surface area contributed by atoms with Gasteiger partial charge in [-0.1, -0.05) is 55.5 Å². The molecule has 2 aromatic carbocycles. The first-order valence-corrected chi connectivity index (χ1v) is 10.1. The van der Waals surface area contributed by atoms with Crippen LogP contribution in [0.25, 0.3) is 5.70 Å². The predicted molar refractivity (Wildman–Crippen MR) is 93.4 cm³/mol. The van der Waals surface area contributed by atoms with E-state index in [0.717, 1.165) is 18.8 Å². The summed E-state index contributed by atoms with van der Waals surface area (Å²) in [6, 6.07) is 21.3. The molecule has 0 aliphatic carbocycles. The van der Waals surface area contributed by atoms with Crippen molar-refractivity contribution in [1.82, 2.24) is 5.01 Å². The van der Waals surface area contributed by atoms with Crippen molar-refractivity contribution >= 4 is 5.70 Å². The summed E-state index contributed by atoms with van der Waals surface area (Å²) in [5.41, 5.74) is 3.73. The second-order valence-electron chi connectivity index (χ2n) is 6.34. The third-order valence-electron chi connectivity index (χ3n) is 4.41. The van der Waals surface area contributed by atoms with Gasteiger partial charge in [0.25, 0.3) is 0 Å². The van der Waals surface area contributed by atoms with Crippen molar-refractivity contribution in [2.24, 2.45) is 0 Å². The van der Waals surface area contributed by atoms with Gasteiger partial charge >= 0.3 is 0 Å². The fourth-order valence-electron chi connectivity index (χ4n) is 3.19. The fourth-order valence-corrected chi connectivity index (χ4v) is 3.19. The number of hydrogen-bond acceptors (Lipinski definition) is 6. The third-order valence-corrected chi connectivity index (χ3v) is 4.41. The lowest BCUT2D eigenvalue weighted by atomic mass is 10.0. The fraction of sp³-hybridized carbons (Fsp3) is 0.300. The van der Waals surface area contributed by atoms with Crippen molar-refractivity contribution < 1.29 is 38.6 Å². The molecule has 0 bridgehead atoms. The molecule has 1 aliphatic heterocycles. The Bertz CT molecular complexity index is 759. The Labute approximate surface area is 167 Å². The molecule has 0 saturated heterocycles. The molecule has 1 N–H and O–H groups in total. The SMILES string of the molecule is CCCOC1=C(c2ccccc2)[NH+](C)N(C)C1c1ccccc1.[O-][Cl+3]([O-])([O-])[O-]. The van der Waals surface area contributed by atoms with Crippen molar-refractivity contribution in [3.05, 3.63) is 77.5 Å². The zero-order chi connectivity index (χ0) is 20.7. The quantitative estimate of drug-likeness (QED) is 0.621. The summed E-state index contributed by atoms with van der Waals surface area (Å²) in [4.78, 5) is 0. The second kappa shape index (κ2) is 9.99. The van der Waals surface area contributed by atoms with Gasteiger partial charge in [-0.2, -0.15) is 0 Å². The third kappa shape index (κ3) is 6.02. The lowest BCUT2D eigenvalue weighted by molar-refractivity contribution is -2.00. The van der Waals surface area contributed by atoms with Crippen molar-refractivity contribution in [2.45, 2.75) is 19.4 Å². The molecule has 0 spiro atoms. The molecule has 1 aliphatic rings. The van der Waals surface area contributed by atoms with E-state index in [1.807, 2.05) is 0 Å². The first kappa shape index (κ1) is 22.3. The van der Waals surface area contributed by atoms with Crippen LogP contribution in [0.5, 0.6) is 0 Å². The van der Waals surface area contributed by atoms with Crippen LogP contribution in [0.15, 0.2) is 66.4 Å². The Hall–Kier alpha value is -1.97. The Morgan fingerprint density at radius 2 is 1.46 bits per heavy atom. The van der Waals surface area contributed by atoms with Gasteiger partial charge in [0, 0.05) is 12.6 Å². The molecule has 7 nitrogen and oxygen atoms in total. The van der Waals surface area contributed by atoms with Crippen LogP contribution < -0.4 is 23.6 Å². The van der Waals surface area contributed by atoms with E-state index in [1.165, 1.54) is 21.8 Å². The number of hydrogen-bond donors (Lipinski definition) is 1. The average Bonchev–Trinajstić information content (AvgIpc) is 2.90. The van der Waals surface area contributed by atoms with Crippen LogP contribution in [0.4, 0.5) is 0 Å². The number of halogens is 1. The zero-order valence-corrected chi connectivity index (χ0v) is 16.9. The van der Waals surface area contributed by atoms with Gasteiger partial charge in [0.05, 0.1) is 13.7 Å². The van der Waals surface area contributed by atoms with Crippen LogP contribution in [0, 0.1) is 10.2 Å². The van der Waals surface area contributed by atoms with Gasteiger partial charge in [0.1, 0.15) is 6.04 Å². The van der Waals surface area contributed by atoms with E-state index >= 15 is 0 Å². The molecule has 1 heterocycles. The topological polar surface area (TPSA) is 109 Å². The van der Waals surface area contributed by atoms with Crippen molar-refractivity contribution in [3.63, 3.8) is 0 Å². The molecule has 0 aromatic heterocycles. The molecule has 28 heavy (non-hydrogen) atoms. The lowest BCUT2D eigenvalue weighted by Gasteiger charge is -2.23. The highest BCUT2D eigenvalue weighted by atomic mass is 35.7. The van der Waals surface area contributed by atoms with Gasteiger partial charge in [-0.05, 0) is 24.1 Å². The molecular weight excluding hydrogens is 384 g/mol. The Morgan fingerprint density at radius 3 is 1.96 bits per heavy atom. The number of quaternary nitrogens is 1. The van der Waals surface area contributed by atoms with Crippen LogP contribution in [0.1, 0.15) is 30.5 Å².